The lowest BCUT2D eigenvalue weighted by atomic mass is 9.76. The zero-order chi connectivity index (χ0) is 13.0. The Bertz CT molecular complexity index is 418. The van der Waals surface area contributed by atoms with Crippen molar-refractivity contribution < 1.29 is 9.59 Å². The molecule has 3 aliphatic heterocycles. The summed E-state index contributed by atoms with van der Waals surface area (Å²) in [5.74, 6) is 2.15. The quantitative estimate of drug-likeness (QED) is 0.713. The van der Waals surface area contributed by atoms with E-state index in [0.717, 1.165) is 51.7 Å². The molecule has 0 aromatic heterocycles. The monoisotopic (exact) mass is 262 g/mol. The second-order valence-electron chi connectivity index (χ2n) is 6.88. The lowest BCUT2D eigenvalue weighted by Crippen LogP contribution is -2.61. The molecule has 0 radical (unpaired) electrons. The number of nitrogens with zero attached hydrogens (tertiary/aromatic N) is 2. The number of carbonyl (C=O) groups excluding carboxylic acids is 2. The van der Waals surface area contributed by atoms with Crippen LogP contribution < -0.4 is 0 Å². The molecule has 0 N–H and O–H groups in total. The van der Waals surface area contributed by atoms with E-state index in [0.29, 0.717) is 35.6 Å². The van der Waals surface area contributed by atoms with E-state index >= 15 is 0 Å². The van der Waals surface area contributed by atoms with E-state index in [-0.39, 0.29) is 0 Å². The van der Waals surface area contributed by atoms with Gasteiger partial charge in [-0.25, -0.2) is 0 Å². The third kappa shape index (κ3) is 1.96. The number of piperidine rings is 3. The molecule has 0 aromatic carbocycles. The van der Waals surface area contributed by atoms with Crippen molar-refractivity contribution in [1.29, 1.82) is 0 Å². The molecule has 4 heteroatoms. The maximum Gasteiger partial charge on any atom is 0.225 e. The standard InChI is InChI=1S/C15H22N2O2/c18-14-3-1-2-13-12-6-10(8-17(13)14)7-16(9-12)15(19)11-4-5-11/h10-13H,1-9H2/t10-,12-,13-/m1/s1. The minimum Gasteiger partial charge on any atom is -0.342 e. The third-order valence-corrected chi connectivity index (χ3v) is 5.42. The molecule has 0 spiro atoms. The predicted octanol–water partition coefficient (Wildman–Crippen LogP) is 1.26. The highest BCUT2D eigenvalue weighted by molar-refractivity contribution is 5.81. The van der Waals surface area contributed by atoms with Gasteiger partial charge in [0.1, 0.15) is 0 Å². The summed E-state index contributed by atoms with van der Waals surface area (Å²) in [6.45, 7) is 2.69. The van der Waals surface area contributed by atoms with Gasteiger partial charge < -0.3 is 9.80 Å². The van der Waals surface area contributed by atoms with Crippen LogP contribution in [0.3, 0.4) is 0 Å². The number of amides is 2. The van der Waals surface area contributed by atoms with Gasteiger partial charge in [0.2, 0.25) is 11.8 Å². The molecule has 3 saturated heterocycles. The molecule has 0 aromatic rings. The molecular formula is C15H22N2O2. The van der Waals surface area contributed by atoms with E-state index in [9.17, 15) is 9.59 Å². The van der Waals surface area contributed by atoms with Gasteiger partial charge in [-0.1, -0.05) is 0 Å². The Morgan fingerprint density at radius 2 is 1.95 bits per heavy atom. The van der Waals surface area contributed by atoms with Gasteiger partial charge in [-0.05, 0) is 43.9 Å². The van der Waals surface area contributed by atoms with Crippen LogP contribution in [0.25, 0.3) is 0 Å². The smallest absolute Gasteiger partial charge is 0.225 e. The lowest BCUT2D eigenvalue weighted by molar-refractivity contribution is -0.149. The molecule has 3 atom stereocenters. The molecule has 104 valence electrons. The van der Waals surface area contributed by atoms with Gasteiger partial charge in [0.25, 0.3) is 0 Å². The zero-order valence-electron chi connectivity index (χ0n) is 11.4. The van der Waals surface area contributed by atoms with E-state index in [1.54, 1.807) is 0 Å². The largest absolute Gasteiger partial charge is 0.342 e. The first kappa shape index (κ1) is 11.7. The topological polar surface area (TPSA) is 40.6 Å². The Hall–Kier alpha value is -1.06. The molecular weight excluding hydrogens is 240 g/mol. The van der Waals surface area contributed by atoms with Crippen molar-refractivity contribution in [3.8, 4) is 0 Å². The van der Waals surface area contributed by atoms with Crippen molar-refractivity contribution in [3.05, 3.63) is 0 Å². The van der Waals surface area contributed by atoms with Crippen LogP contribution >= 0.6 is 0 Å². The van der Waals surface area contributed by atoms with Crippen molar-refractivity contribution in [2.24, 2.45) is 17.8 Å². The van der Waals surface area contributed by atoms with Gasteiger partial charge in [-0.15, -0.1) is 0 Å². The maximum absolute atomic E-state index is 12.3. The highest BCUT2D eigenvalue weighted by Gasteiger charge is 2.46. The summed E-state index contributed by atoms with van der Waals surface area (Å²) in [5, 5.41) is 0. The molecule has 2 amide bonds. The van der Waals surface area contributed by atoms with Crippen molar-refractivity contribution in [2.75, 3.05) is 19.6 Å². The van der Waals surface area contributed by atoms with Crippen molar-refractivity contribution in [3.63, 3.8) is 0 Å². The van der Waals surface area contributed by atoms with Gasteiger partial charge >= 0.3 is 0 Å². The first-order chi connectivity index (χ1) is 9.22. The molecule has 4 rings (SSSR count). The Morgan fingerprint density at radius 1 is 1.11 bits per heavy atom. The molecule has 1 saturated carbocycles. The Labute approximate surface area is 114 Å². The van der Waals surface area contributed by atoms with E-state index in [1.807, 2.05) is 0 Å². The normalized spacial score (nSPS) is 38.1. The van der Waals surface area contributed by atoms with Gasteiger partial charge in [0, 0.05) is 38.0 Å². The van der Waals surface area contributed by atoms with Crippen molar-refractivity contribution in [2.45, 2.75) is 44.6 Å². The average Bonchev–Trinajstić information content (AvgIpc) is 3.23. The number of rotatable bonds is 1. The molecule has 0 unspecified atom stereocenters. The Morgan fingerprint density at radius 3 is 2.74 bits per heavy atom. The van der Waals surface area contributed by atoms with Crippen LogP contribution in [-0.4, -0.2) is 47.3 Å². The second-order valence-corrected chi connectivity index (χ2v) is 6.88. The van der Waals surface area contributed by atoms with E-state index in [2.05, 4.69) is 9.80 Å². The second kappa shape index (κ2) is 4.22. The molecule has 3 heterocycles. The van der Waals surface area contributed by atoms with Crippen molar-refractivity contribution >= 4 is 11.8 Å². The van der Waals surface area contributed by atoms with Crippen LogP contribution in [0.2, 0.25) is 0 Å². The number of hydrogen-bond acceptors (Lipinski definition) is 2. The Kier molecular flexibility index (Phi) is 2.61. The van der Waals surface area contributed by atoms with Crippen LogP contribution in [-0.2, 0) is 9.59 Å². The molecule has 4 fully saturated rings. The maximum atomic E-state index is 12.3. The van der Waals surface area contributed by atoms with Gasteiger partial charge in [-0.2, -0.15) is 0 Å². The summed E-state index contributed by atoms with van der Waals surface area (Å²) < 4.78 is 0. The molecule has 1 aliphatic carbocycles. The lowest BCUT2D eigenvalue weighted by Gasteiger charge is -2.52. The fourth-order valence-electron chi connectivity index (χ4n) is 4.38. The first-order valence-corrected chi connectivity index (χ1v) is 7.80. The number of likely N-dealkylation sites (tertiary alicyclic amines) is 1. The van der Waals surface area contributed by atoms with Gasteiger partial charge in [0.05, 0.1) is 0 Å². The minimum atomic E-state index is 0.336. The predicted molar refractivity (Wildman–Crippen MR) is 70.3 cm³/mol. The first-order valence-electron chi connectivity index (χ1n) is 7.80. The fraction of sp³-hybridized carbons (Fsp3) is 0.867. The van der Waals surface area contributed by atoms with Crippen LogP contribution in [0.5, 0.6) is 0 Å². The molecule has 4 nitrogen and oxygen atoms in total. The average molecular weight is 262 g/mol. The molecule has 19 heavy (non-hydrogen) atoms. The van der Waals surface area contributed by atoms with Crippen molar-refractivity contribution in [1.82, 2.24) is 9.80 Å². The van der Waals surface area contributed by atoms with E-state index < -0.39 is 0 Å². The van der Waals surface area contributed by atoms with Crippen LogP contribution in [0, 0.1) is 17.8 Å². The molecule has 2 bridgehead atoms. The summed E-state index contributed by atoms with van der Waals surface area (Å²) in [4.78, 5) is 28.6. The molecule has 4 aliphatic rings. The summed E-state index contributed by atoms with van der Waals surface area (Å²) in [6, 6.07) is 0.423. The highest BCUT2D eigenvalue weighted by atomic mass is 16.2. The SMILES string of the molecule is O=C(C1CC1)N1C[C@H]2C[C@H](C1)[C@H]1CCCC(=O)N1C2. The summed E-state index contributed by atoms with van der Waals surface area (Å²) in [6.07, 6.45) is 6.34. The fourth-order valence-corrected chi connectivity index (χ4v) is 4.38. The van der Waals surface area contributed by atoms with Gasteiger partial charge in [0.15, 0.2) is 0 Å². The van der Waals surface area contributed by atoms with E-state index in [1.165, 1.54) is 6.42 Å². The third-order valence-electron chi connectivity index (χ3n) is 5.42. The number of hydrogen-bond donors (Lipinski definition) is 0. The number of carbonyl (C=O) groups is 2. The van der Waals surface area contributed by atoms with Crippen LogP contribution in [0.4, 0.5) is 0 Å². The summed E-state index contributed by atoms with van der Waals surface area (Å²) in [5.41, 5.74) is 0. The van der Waals surface area contributed by atoms with Crippen LogP contribution in [0.1, 0.15) is 38.5 Å². The van der Waals surface area contributed by atoms with Gasteiger partial charge in [-0.3, -0.25) is 9.59 Å². The number of fused-ring (bicyclic) bond motifs is 4. The van der Waals surface area contributed by atoms with Crippen LogP contribution in [0.15, 0.2) is 0 Å². The Balaban J connectivity index is 1.52. The summed E-state index contributed by atoms with van der Waals surface area (Å²) >= 11 is 0. The zero-order valence-corrected chi connectivity index (χ0v) is 11.4. The highest BCUT2D eigenvalue weighted by Crippen LogP contribution is 2.40. The van der Waals surface area contributed by atoms with E-state index in [4.69, 9.17) is 0 Å². The summed E-state index contributed by atoms with van der Waals surface area (Å²) in [7, 11) is 0. The minimum absolute atomic E-state index is 0.336.